The van der Waals surface area contributed by atoms with Gasteiger partial charge < -0.3 is 14.5 Å². The molecule has 1 fully saturated rings. The Labute approximate surface area is 166 Å². The van der Waals surface area contributed by atoms with Crippen LogP contribution in [0.1, 0.15) is 22.9 Å². The fraction of sp³-hybridized carbons (Fsp3) is 0.143. The highest BCUT2D eigenvalue weighted by Gasteiger charge is 2.33. The summed E-state index contributed by atoms with van der Waals surface area (Å²) in [6.45, 7) is 2.58. The van der Waals surface area contributed by atoms with E-state index in [-0.39, 0.29) is 0 Å². The molecule has 1 aliphatic heterocycles. The second-order valence-electron chi connectivity index (χ2n) is 6.43. The Morgan fingerprint density at radius 1 is 1.07 bits per heavy atom. The van der Waals surface area contributed by atoms with Gasteiger partial charge in [0, 0.05) is 4.90 Å². The third kappa shape index (κ3) is 4.20. The Hall–Kier alpha value is -3.19. The van der Waals surface area contributed by atoms with Crippen molar-refractivity contribution in [1.82, 2.24) is 10.6 Å². The van der Waals surface area contributed by atoms with Crippen molar-refractivity contribution in [1.29, 1.82) is 0 Å². The number of rotatable bonds is 6. The molecule has 7 heteroatoms. The summed E-state index contributed by atoms with van der Waals surface area (Å²) in [6.07, 6.45) is 1.57. The number of aryl methyl sites for hydroxylation is 1. The van der Waals surface area contributed by atoms with Gasteiger partial charge in [0.05, 0.1) is 4.90 Å². The number of imide groups is 1. The lowest BCUT2D eigenvalue weighted by atomic mass is 10.1. The molecule has 1 saturated heterocycles. The number of nitrogens with one attached hydrogen (secondary N) is 2. The van der Waals surface area contributed by atoms with Crippen LogP contribution in [0.2, 0.25) is 0 Å². The maximum atomic E-state index is 11.7. The van der Waals surface area contributed by atoms with Crippen LogP contribution in [-0.4, -0.2) is 11.9 Å². The Morgan fingerprint density at radius 2 is 1.89 bits per heavy atom. The molecule has 6 nitrogen and oxygen atoms in total. The third-order valence-corrected chi connectivity index (χ3v) is 5.16. The van der Waals surface area contributed by atoms with Crippen molar-refractivity contribution in [3.63, 3.8) is 0 Å². The number of furan rings is 1. The first kappa shape index (κ1) is 18.2. The van der Waals surface area contributed by atoms with Crippen molar-refractivity contribution in [3.8, 4) is 5.75 Å². The zero-order valence-corrected chi connectivity index (χ0v) is 15.9. The average Bonchev–Trinajstić information content (AvgIpc) is 3.27. The Kier molecular flexibility index (Phi) is 5.08. The SMILES string of the molecule is Cc1cccc(COc2ccc(Sc3coc(C4NC(=O)NC4=O)c3)cc2)c1. The van der Waals surface area contributed by atoms with Crippen LogP contribution in [0.4, 0.5) is 4.79 Å². The zero-order valence-electron chi connectivity index (χ0n) is 15.1. The lowest BCUT2D eigenvalue weighted by Crippen LogP contribution is -2.22. The minimum atomic E-state index is -0.778. The summed E-state index contributed by atoms with van der Waals surface area (Å²) in [6, 6.07) is 16.5. The molecule has 142 valence electrons. The summed E-state index contributed by atoms with van der Waals surface area (Å²) in [5.41, 5.74) is 2.34. The number of hydrogen-bond donors (Lipinski definition) is 2. The molecule has 1 aliphatic rings. The molecule has 0 spiro atoms. The van der Waals surface area contributed by atoms with E-state index in [1.807, 2.05) is 36.4 Å². The average molecular weight is 394 g/mol. The fourth-order valence-corrected chi connectivity index (χ4v) is 3.68. The van der Waals surface area contributed by atoms with Gasteiger partial charge in [-0.05, 0) is 42.8 Å². The molecular weight excluding hydrogens is 376 g/mol. The first-order chi connectivity index (χ1) is 13.6. The van der Waals surface area contributed by atoms with Crippen molar-refractivity contribution in [2.45, 2.75) is 29.4 Å². The van der Waals surface area contributed by atoms with Gasteiger partial charge in [0.1, 0.15) is 24.4 Å². The van der Waals surface area contributed by atoms with Gasteiger partial charge in [-0.1, -0.05) is 41.6 Å². The standard InChI is InChI=1S/C21H18N2O4S/c1-13-3-2-4-14(9-13)11-26-15-5-7-16(8-6-15)28-17-10-18(27-12-17)19-20(24)23-21(25)22-19/h2-10,12,19H,11H2,1H3,(H2,22,23,24,25). The lowest BCUT2D eigenvalue weighted by molar-refractivity contribution is -0.120. The number of carbonyl (C=O) groups is 2. The molecule has 1 aromatic heterocycles. The maximum Gasteiger partial charge on any atom is 0.322 e. The Bertz CT molecular complexity index is 1010. The smallest absolute Gasteiger partial charge is 0.322 e. The molecule has 3 aromatic rings. The number of carbonyl (C=O) groups excluding carboxylic acids is 2. The van der Waals surface area contributed by atoms with Crippen molar-refractivity contribution in [3.05, 3.63) is 77.7 Å². The number of benzene rings is 2. The van der Waals surface area contributed by atoms with Gasteiger partial charge in [-0.3, -0.25) is 10.1 Å². The summed E-state index contributed by atoms with van der Waals surface area (Å²) in [5.74, 6) is 0.791. The van der Waals surface area contributed by atoms with E-state index in [4.69, 9.17) is 9.15 Å². The number of ether oxygens (including phenoxy) is 1. The predicted molar refractivity (Wildman–Crippen MR) is 104 cm³/mol. The molecule has 0 radical (unpaired) electrons. The quantitative estimate of drug-likeness (QED) is 0.613. The van der Waals surface area contributed by atoms with Gasteiger partial charge in [-0.15, -0.1) is 0 Å². The van der Waals surface area contributed by atoms with Crippen LogP contribution >= 0.6 is 11.8 Å². The van der Waals surface area contributed by atoms with E-state index in [9.17, 15) is 9.59 Å². The largest absolute Gasteiger partial charge is 0.489 e. The van der Waals surface area contributed by atoms with Crippen molar-refractivity contribution in [2.75, 3.05) is 0 Å². The molecule has 2 N–H and O–H groups in total. The highest BCUT2D eigenvalue weighted by Crippen LogP contribution is 2.32. The van der Waals surface area contributed by atoms with Crippen molar-refractivity contribution in [2.24, 2.45) is 0 Å². The molecular formula is C21H18N2O4S. The molecule has 28 heavy (non-hydrogen) atoms. The first-order valence-electron chi connectivity index (χ1n) is 8.73. The molecule has 0 bridgehead atoms. The fourth-order valence-electron chi connectivity index (χ4n) is 2.86. The van der Waals surface area contributed by atoms with E-state index >= 15 is 0 Å². The van der Waals surface area contributed by atoms with E-state index in [0.717, 1.165) is 21.1 Å². The van der Waals surface area contributed by atoms with E-state index in [0.29, 0.717) is 12.4 Å². The maximum absolute atomic E-state index is 11.7. The Balaban J connectivity index is 1.36. The minimum absolute atomic E-state index is 0.406. The van der Waals surface area contributed by atoms with Gasteiger partial charge in [0.15, 0.2) is 6.04 Å². The zero-order chi connectivity index (χ0) is 19.5. The summed E-state index contributed by atoms with van der Waals surface area (Å²) in [5, 5.41) is 4.70. The normalized spacial score (nSPS) is 16.0. The van der Waals surface area contributed by atoms with Crippen LogP contribution in [0.25, 0.3) is 0 Å². The molecule has 2 heterocycles. The highest BCUT2D eigenvalue weighted by molar-refractivity contribution is 7.99. The topological polar surface area (TPSA) is 80.6 Å². The van der Waals surface area contributed by atoms with Crippen LogP contribution in [0.3, 0.4) is 0 Å². The second kappa shape index (κ2) is 7.82. The van der Waals surface area contributed by atoms with Crippen molar-refractivity contribution >= 4 is 23.7 Å². The number of urea groups is 1. The van der Waals surface area contributed by atoms with Crippen LogP contribution < -0.4 is 15.4 Å². The predicted octanol–water partition coefficient (Wildman–Crippen LogP) is 4.20. The van der Waals surface area contributed by atoms with Crippen molar-refractivity contribution < 1.29 is 18.7 Å². The summed E-state index contributed by atoms with van der Waals surface area (Å²) >= 11 is 1.50. The second-order valence-corrected chi connectivity index (χ2v) is 7.58. The van der Waals surface area contributed by atoms with E-state index in [2.05, 4.69) is 29.7 Å². The summed E-state index contributed by atoms with van der Waals surface area (Å²) < 4.78 is 11.3. The molecule has 0 aliphatic carbocycles. The van der Waals surface area contributed by atoms with E-state index < -0.39 is 18.0 Å². The molecule has 1 atom stereocenters. The lowest BCUT2D eigenvalue weighted by Gasteiger charge is -2.07. The summed E-state index contributed by atoms with van der Waals surface area (Å²) in [4.78, 5) is 24.8. The van der Waals surface area contributed by atoms with Gasteiger partial charge in [-0.25, -0.2) is 4.79 Å². The molecule has 1 unspecified atom stereocenters. The minimum Gasteiger partial charge on any atom is -0.489 e. The number of hydrogen-bond acceptors (Lipinski definition) is 5. The molecule has 4 rings (SSSR count). The van der Waals surface area contributed by atoms with Crippen LogP contribution in [-0.2, 0) is 11.4 Å². The molecule has 2 aromatic carbocycles. The van der Waals surface area contributed by atoms with Gasteiger partial charge >= 0.3 is 6.03 Å². The monoisotopic (exact) mass is 394 g/mol. The van der Waals surface area contributed by atoms with Crippen LogP contribution in [0, 0.1) is 6.92 Å². The van der Waals surface area contributed by atoms with Crippen LogP contribution in [0.15, 0.2) is 75.1 Å². The molecule has 3 amide bonds. The molecule has 0 saturated carbocycles. The Morgan fingerprint density at radius 3 is 2.61 bits per heavy atom. The number of amides is 3. The summed E-state index contributed by atoms with van der Waals surface area (Å²) in [7, 11) is 0. The van der Waals surface area contributed by atoms with E-state index in [1.54, 1.807) is 12.3 Å². The van der Waals surface area contributed by atoms with Gasteiger partial charge in [-0.2, -0.15) is 0 Å². The highest BCUT2D eigenvalue weighted by atomic mass is 32.2. The van der Waals surface area contributed by atoms with E-state index in [1.165, 1.54) is 17.3 Å². The van der Waals surface area contributed by atoms with Crippen LogP contribution in [0.5, 0.6) is 5.75 Å². The van der Waals surface area contributed by atoms with Gasteiger partial charge in [0.25, 0.3) is 5.91 Å². The van der Waals surface area contributed by atoms with Gasteiger partial charge in [0.2, 0.25) is 0 Å². The first-order valence-corrected chi connectivity index (χ1v) is 9.54. The third-order valence-electron chi connectivity index (χ3n) is 4.20.